The van der Waals surface area contributed by atoms with E-state index in [2.05, 4.69) is 5.32 Å². The van der Waals surface area contributed by atoms with Gasteiger partial charge in [-0.2, -0.15) is 0 Å². The van der Waals surface area contributed by atoms with E-state index >= 15 is 0 Å². The van der Waals surface area contributed by atoms with Crippen molar-refractivity contribution in [1.82, 2.24) is 4.90 Å². The topological polar surface area (TPSA) is 78.9 Å². The maximum Gasteiger partial charge on any atom is 0.254 e. The summed E-state index contributed by atoms with van der Waals surface area (Å²) in [6.07, 6.45) is 0.805. The lowest BCUT2D eigenvalue weighted by Crippen LogP contribution is -2.46. The maximum absolute atomic E-state index is 12.5. The van der Waals surface area contributed by atoms with Gasteiger partial charge < -0.3 is 20.1 Å². The lowest BCUT2D eigenvalue weighted by Gasteiger charge is -2.32. The van der Waals surface area contributed by atoms with Crippen molar-refractivity contribution in [2.24, 2.45) is 0 Å². The zero-order valence-electron chi connectivity index (χ0n) is 11.7. The Kier molecular flexibility index (Phi) is 3.90. The number of morpholine rings is 1. The molecule has 1 aromatic rings. The van der Waals surface area contributed by atoms with Crippen LogP contribution in [0, 0.1) is 0 Å². The minimum Gasteiger partial charge on any atom is -0.394 e. The van der Waals surface area contributed by atoms with Crippen LogP contribution in [-0.2, 0) is 16.0 Å². The number of aliphatic hydroxyl groups excluding tert-OH is 1. The number of amides is 2. The van der Waals surface area contributed by atoms with Crippen molar-refractivity contribution in [2.45, 2.75) is 18.9 Å². The van der Waals surface area contributed by atoms with Crippen LogP contribution in [0.25, 0.3) is 0 Å². The number of aryl methyl sites for hydroxylation is 1. The molecule has 0 bridgehead atoms. The van der Waals surface area contributed by atoms with Crippen molar-refractivity contribution >= 4 is 17.5 Å². The smallest absolute Gasteiger partial charge is 0.254 e. The highest BCUT2D eigenvalue weighted by Crippen LogP contribution is 2.24. The molecule has 112 valence electrons. The lowest BCUT2D eigenvalue weighted by atomic mass is 10.00. The second-order valence-corrected chi connectivity index (χ2v) is 5.35. The Bertz CT molecular complexity index is 573. The van der Waals surface area contributed by atoms with Gasteiger partial charge in [0.05, 0.1) is 19.3 Å². The van der Waals surface area contributed by atoms with E-state index in [1.54, 1.807) is 17.0 Å². The molecule has 0 saturated carbocycles. The van der Waals surface area contributed by atoms with Gasteiger partial charge in [0, 0.05) is 30.8 Å². The molecule has 0 spiro atoms. The second-order valence-electron chi connectivity index (χ2n) is 5.35. The summed E-state index contributed by atoms with van der Waals surface area (Å²) in [7, 11) is 0. The van der Waals surface area contributed by atoms with Gasteiger partial charge in [-0.1, -0.05) is 0 Å². The summed E-state index contributed by atoms with van der Waals surface area (Å²) in [5.41, 5.74) is 2.40. The zero-order valence-corrected chi connectivity index (χ0v) is 11.7. The largest absolute Gasteiger partial charge is 0.394 e. The van der Waals surface area contributed by atoms with Crippen molar-refractivity contribution in [2.75, 3.05) is 31.6 Å². The summed E-state index contributed by atoms with van der Waals surface area (Å²) >= 11 is 0. The molecule has 0 aliphatic carbocycles. The van der Waals surface area contributed by atoms with E-state index in [0.717, 1.165) is 11.3 Å². The van der Waals surface area contributed by atoms with Crippen LogP contribution in [0.4, 0.5) is 5.69 Å². The van der Waals surface area contributed by atoms with Gasteiger partial charge in [-0.25, -0.2) is 0 Å². The van der Waals surface area contributed by atoms with Crippen LogP contribution in [0.5, 0.6) is 0 Å². The average molecular weight is 290 g/mol. The molecule has 1 fully saturated rings. The van der Waals surface area contributed by atoms with Crippen LogP contribution < -0.4 is 5.32 Å². The van der Waals surface area contributed by atoms with E-state index in [4.69, 9.17) is 9.84 Å². The standard InChI is InChI=1S/C15H18N2O4/c18-9-12-8-17(5-6-21-12)15(20)11-1-3-13-10(7-11)2-4-14(19)16-13/h1,3,7,12,18H,2,4-6,8-9H2,(H,16,19). The number of fused-ring (bicyclic) bond motifs is 1. The third-order valence-corrected chi connectivity index (χ3v) is 3.88. The van der Waals surface area contributed by atoms with E-state index in [0.29, 0.717) is 38.1 Å². The Morgan fingerprint density at radius 1 is 1.43 bits per heavy atom. The molecule has 3 rings (SSSR count). The number of nitrogens with zero attached hydrogens (tertiary/aromatic N) is 1. The van der Waals surface area contributed by atoms with Gasteiger partial charge in [-0.3, -0.25) is 9.59 Å². The van der Waals surface area contributed by atoms with E-state index in [1.165, 1.54) is 0 Å². The number of anilines is 1. The molecular formula is C15H18N2O4. The van der Waals surface area contributed by atoms with Crippen LogP contribution in [0.1, 0.15) is 22.3 Å². The summed E-state index contributed by atoms with van der Waals surface area (Å²) in [5, 5.41) is 11.9. The molecule has 1 saturated heterocycles. The van der Waals surface area contributed by atoms with Gasteiger partial charge in [0.25, 0.3) is 5.91 Å². The van der Waals surface area contributed by atoms with E-state index in [9.17, 15) is 9.59 Å². The van der Waals surface area contributed by atoms with Crippen molar-refractivity contribution in [3.8, 4) is 0 Å². The second kappa shape index (κ2) is 5.83. The fourth-order valence-corrected chi connectivity index (χ4v) is 2.71. The lowest BCUT2D eigenvalue weighted by molar-refractivity contribution is -0.116. The number of hydrogen-bond donors (Lipinski definition) is 2. The van der Waals surface area contributed by atoms with Gasteiger partial charge in [0.1, 0.15) is 0 Å². The Balaban J connectivity index is 1.77. The first kappa shape index (κ1) is 14.0. The molecular weight excluding hydrogens is 272 g/mol. The fourth-order valence-electron chi connectivity index (χ4n) is 2.71. The average Bonchev–Trinajstić information content (AvgIpc) is 2.53. The molecule has 0 aromatic heterocycles. The number of carbonyl (C=O) groups is 2. The highest BCUT2D eigenvalue weighted by molar-refractivity contribution is 5.98. The Labute approximate surface area is 122 Å². The number of ether oxygens (including phenoxy) is 1. The van der Waals surface area contributed by atoms with Gasteiger partial charge in [-0.05, 0) is 30.2 Å². The van der Waals surface area contributed by atoms with Crippen molar-refractivity contribution in [3.63, 3.8) is 0 Å². The highest BCUT2D eigenvalue weighted by atomic mass is 16.5. The molecule has 6 heteroatoms. The molecule has 1 unspecified atom stereocenters. The first-order valence-electron chi connectivity index (χ1n) is 7.12. The minimum absolute atomic E-state index is 0.0144. The molecule has 2 amide bonds. The number of rotatable bonds is 2. The van der Waals surface area contributed by atoms with Crippen molar-refractivity contribution in [1.29, 1.82) is 0 Å². The molecule has 1 aromatic carbocycles. The minimum atomic E-state index is -0.306. The van der Waals surface area contributed by atoms with Crippen LogP contribution in [-0.4, -0.2) is 54.2 Å². The molecule has 2 N–H and O–H groups in total. The molecule has 2 aliphatic heterocycles. The monoisotopic (exact) mass is 290 g/mol. The third kappa shape index (κ3) is 2.91. The van der Waals surface area contributed by atoms with Gasteiger partial charge in [0.15, 0.2) is 0 Å². The van der Waals surface area contributed by atoms with Crippen molar-refractivity contribution < 1.29 is 19.4 Å². The Morgan fingerprint density at radius 3 is 3.10 bits per heavy atom. The maximum atomic E-state index is 12.5. The fraction of sp³-hybridized carbons (Fsp3) is 0.467. The predicted molar refractivity (Wildman–Crippen MR) is 76.1 cm³/mol. The molecule has 6 nitrogen and oxygen atoms in total. The SMILES string of the molecule is O=C1CCc2cc(C(=O)N3CCOC(CO)C3)ccc2N1. The van der Waals surface area contributed by atoms with Crippen LogP contribution >= 0.6 is 0 Å². The summed E-state index contributed by atoms with van der Waals surface area (Å²) in [6, 6.07) is 5.36. The number of carbonyl (C=O) groups excluding carboxylic acids is 2. The van der Waals surface area contributed by atoms with Gasteiger partial charge in [-0.15, -0.1) is 0 Å². The summed E-state index contributed by atoms with van der Waals surface area (Å²) in [4.78, 5) is 25.6. The molecule has 2 aliphatic rings. The van der Waals surface area contributed by atoms with Gasteiger partial charge in [0.2, 0.25) is 5.91 Å². The van der Waals surface area contributed by atoms with Crippen LogP contribution in [0.15, 0.2) is 18.2 Å². The Hall–Kier alpha value is -1.92. The predicted octanol–water partition coefficient (Wildman–Crippen LogP) is 0.405. The van der Waals surface area contributed by atoms with E-state index in [-0.39, 0.29) is 24.5 Å². The van der Waals surface area contributed by atoms with E-state index < -0.39 is 0 Å². The molecule has 1 atom stereocenters. The van der Waals surface area contributed by atoms with E-state index in [1.807, 2.05) is 6.07 Å². The number of nitrogens with one attached hydrogen (secondary N) is 1. The highest BCUT2D eigenvalue weighted by Gasteiger charge is 2.25. The molecule has 21 heavy (non-hydrogen) atoms. The molecule has 2 heterocycles. The third-order valence-electron chi connectivity index (χ3n) is 3.88. The summed E-state index contributed by atoms with van der Waals surface area (Å²) in [5.74, 6) is -0.0445. The first-order valence-corrected chi connectivity index (χ1v) is 7.12. The van der Waals surface area contributed by atoms with Crippen molar-refractivity contribution in [3.05, 3.63) is 29.3 Å². The van der Waals surface area contributed by atoms with Crippen LogP contribution in [0.2, 0.25) is 0 Å². The molecule has 0 radical (unpaired) electrons. The summed E-state index contributed by atoms with van der Waals surface area (Å²) < 4.78 is 5.35. The number of benzene rings is 1. The summed E-state index contributed by atoms with van der Waals surface area (Å²) in [6.45, 7) is 1.30. The zero-order chi connectivity index (χ0) is 14.8. The quantitative estimate of drug-likeness (QED) is 0.826. The number of aliphatic hydroxyl groups is 1. The Morgan fingerprint density at radius 2 is 2.29 bits per heavy atom. The normalized spacial score (nSPS) is 21.7. The first-order chi connectivity index (χ1) is 10.2. The van der Waals surface area contributed by atoms with Crippen LogP contribution in [0.3, 0.4) is 0 Å². The van der Waals surface area contributed by atoms with Gasteiger partial charge >= 0.3 is 0 Å². The number of hydrogen-bond acceptors (Lipinski definition) is 4.